The summed E-state index contributed by atoms with van der Waals surface area (Å²) in [4.78, 5) is 0. The van der Waals surface area contributed by atoms with Gasteiger partial charge in [0.2, 0.25) is 0 Å². The van der Waals surface area contributed by atoms with Crippen LogP contribution in [0.4, 0.5) is 0 Å². The molecule has 50 valence electrons. The highest BCUT2D eigenvalue weighted by atomic mass is 13.4. The molecule has 0 aromatic rings. The van der Waals surface area contributed by atoms with Gasteiger partial charge in [-0.3, -0.25) is 0 Å². The number of allylic oxidation sites excluding steroid dienone is 1. The molecule has 0 heterocycles. The van der Waals surface area contributed by atoms with Crippen molar-refractivity contribution in [3.63, 3.8) is 0 Å². The van der Waals surface area contributed by atoms with Crippen LogP contribution in [0.5, 0.6) is 0 Å². The molecular formula is C11H6. The maximum Gasteiger partial charge on any atom is -0.0000226 e. The molecule has 0 aliphatic heterocycles. The van der Waals surface area contributed by atoms with Crippen LogP contribution < -0.4 is 0 Å². The van der Waals surface area contributed by atoms with Gasteiger partial charge in [-0.1, -0.05) is 11.5 Å². The van der Waals surface area contributed by atoms with Crippen molar-refractivity contribution >= 4 is 0 Å². The van der Waals surface area contributed by atoms with Gasteiger partial charge in [0.15, 0.2) is 0 Å². The van der Waals surface area contributed by atoms with E-state index in [2.05, 4.69) is 52.4 Å². The summed E-state index contributed by atoms with van der Waals surface area (Å²) in [6.07, 6.45) is 1.72. The van der Waals surface area contributed by atoms with Crippen LogP contribution in [-0.4, -0.2) is 0 Å². The largest absolute Gasteiger partial charge is 0.0687 e. The number of rotatable bonds is 0. The molecule has 0 radical (unpaired) electrons. The van der Waals surface area contributed by atoms with E-state index in [0.717, 1.165) is 0 Å². The molecular weight excluding hydrogens is 132 g/mol. The summed E-state index contributed by atoms with van der Waals surface area (Å²) in [6.45, 7) is 5.13. The van der Waals surface area contributed by atoms with E-state index in [-0.39, 0.29) is 0 Å². The Balaban J connectivity index is 5.21. The molecule has 0 saturated heterocycles. The summed E-state index contributed by atoms with van der Waals surface area (Å²) in [5.41, 5.74) is 20.1. The average molecular weight is 138 g/mol. The zero-order valence-corrected chi connectivity index (χ0v) is 6.28. The van der Waals surface area contributed by atoms with E-state index < -0.39 is 0 Å². The van der Waals surface area contributed by atoms with E-state index in [1.807, 2.05) is 6.92 Å². The van der Waals surface area contributed by atoms with Crippen LogP contribution in [0.15, 0.2) is 58.5 Å². The van der Waals surface area contributed by atoms with Crippen LogP contribution in [0.3, 0.4) is 0 Å². The molecule has 0 aromatic heterocycles. The van der Waals surface area contributed by atoms with Gasteiger partial charge >= 0.3 is 0 Å². The lowest BCUT2D eigenvalue weighted by atomic mass is 10.6. The van der Waals surface area contributed by atoms with Gasteiger partial charge < -0.3 is 0 Å². The summed E-state index contributed by atoms with van der Waals surface area (Å²) < 4.78 is 0. The molecule has 0 aromatic carbocycles. The fraction of sp³-hybridized carbons (Fsp3) is 0.0909. The van der Waals surface area contributed by atoms with Crippen LogP contribution in [-0.2, 0) is 0 Å². The summed E-state index contributed by atoms with van der Waals surface area (Å²) in [7, 11) is 0. The Labute approximate surface area is 66.2 Å². The van der Waals surface area contributed by atoms with Gasteiger partial charge in [-0.15, -0.1) is 0 Å². The van der Waals surface area contributed by atoms with Crippen molar-refractivity contribution < 1.29 is 0 Å². The Morgan fingerprint density at radius 3 is 2.00 bits per heavy atom. The summed E-state index contributed by atoms with van der Waals surface area (Å²) in [5.74, 6) is 0. The molecule has 0 atom stereocenters. The summed E-state index contributed by atoms with van der Waals surface area (Å²) in [6, 6.07) is 0. The van der Waals surface area contributed by atoms with Crippen LogP contribution in [0.2, 0.25) is 0 Å². The molecule has 0 nitrogen and oxygen atoms in total. The maximum atomic E-state index is 3.29. The molecule has 0 spiro atoms. The van der Waals surface area contributed by atoms with Crippen molar-refractivity contribution in [3.8, 4) is 0 Å². The molecule has 0 aliphatic rings. The average Bonchev–Trinajstić information content (AvgIpc) is 2.03. The summed E-state index contributed by atoms with van der Waals surface area (Å²) in [5, 5.41) is 0. The Morgan fingerprint density at radius 1 is 0.909 bits per heavy atom. The Hall–Kier alpha value is -2.02. The highest BCUT2D eigenvalue weighted by Crippen LogP contribution is 1.56. The topological polar surface area (TPSA) is 0 Å². The second-order valence-electron chi connectivity index (χ2n) is 1.36. The van der Waals surface area contributed by atoms with E-state index in [9.17, 15) is 0 Å². The molecule has 0 bridgehead atoms. The van der Waals surface area contributed by atoms with E-state index in [1.54, 1.807) is 6.08 Å². The van der Waals surface area contributed by atoms with Crippen LogP contribution in [0.1, 0.15) is 6.92 Å². The van der Waals surface area contributed by atoms with Crippen molar-refractivity contribution in [2.45, 2.75) is 6.92 Å². The number of hydrogen-bond donors (Lipinski definition) is 0. The molecule has 0 rings (SSSR count). The first-order valence-corrected chi connectivity index (χ1v) is 2.97. The van der Waals surface area contributed by atoms with E-state index in [1.165, 1.54) is 0 Å². The highest BCUT2D eigenvalue weighted by molar-refractivity contribution is 4.89. The van der Waals surface area contributed by atoms with Gasteiger partial charge in [0.05, 0.1) is 0 Å². The maximum absolute atomic E-state index is 3.29. The zero-order chi connectivity index (χ0) is 8.36. The molecule has 0 heteroatoms. The fourth-order valence-corrected chi connectivity index (χ4v) is 0.277. The normalized spacial score (nSPS) is 4.09. The first-order valence-electron chi connectivity index (χ1n) is 2.97. The SMILES string of the molecule is C=C=C=C=C=C=C=C=C=CC. The molecule has 11 heavy (non-hydrogen) atoms. The fourth-order valence-electron chi connectivity index (χ4n) is 0.277. The minimum Gasteiger partial charge on any atom is -0.0687 e. The summed E-state index contributed by atoms with van der Waals surface area (Å²) >= 11 is 0. The predicted molar refractivity (Wildman–Crippen MR) is 44.0 cm³/mol. The van der Waals surface area contributed by atoms with Gasteiger partial charge in [-0.05, 0) is 54.0 Å². The molecule has 0 amide bonds. The monoisotopic (exact) mass is 138 g/mol. The van der Waals surface area contributed by atoms with Gasteiger partial charge in [0.25, 0.3) is 0 Å². The molecule has 0 aliphatic carbocycles. The van der Waals surface area contributed by atoms with Gasteiger partial charge in [-0.25, -0.2) is 0 Å². The second-order valence-corrected chi connectivity index (χ2v) is 1.36. The van der Waals surface area contributed by atoms with E-state index in [0.29, 0.717) is 0 Å². The molecule has 0 fully saturated rings. The van der Waals surface area contributed by atoms with Crippen molar-refractivity contribution in [1.29, 1.82) is 0 Å². The molecule has 0 saturated carbocycles. The zero-order valence-electron chi connectivity index (χ0n) is 6.28. The second kappa shape index (κ2) is 7.98. The van der Waals surface area contributed by atoms with Gasteiger partial charge in [0, 0.05) is 0 Å². The highest BCUT2D eigenvalue weighted by Gasteiger charge is 1.38. The first kappa shape index (κ1) is 8.98. The Bertz CT molecular complexity index is 401. The molecule has 0 N–H and O–H groups in total. The number of hydrogen-bond acceptors (Lipinski definition) is 0. The minimum absolute atomic E-state index is 1.72. The molecule has 0 unspecified atom stereocenters. The van der Waals surface area contributed by atoms with Gasteiger partial charge in [-0.2, -0.15) is 0 Å². The third-order valence-corrected chi connectivity index (χ3v) is 0.617. The lowest BCUT2D eigenvalue weighted by molar-refractivity contribution is 1.78. The quantitative estimate of drug-likeness (QED) is 0.451. The van der Waals surface area contributed by atoms with Crippen molar-refractivity contribution in [1.82, 2.24) is 0 Å². The lowest BCUT2D eigenvalue weighted by Gasteiger charge is -1.43. The van der Waals surface area contributed by atoms with Crippen LogP contribution in [0.25, 0.3) is 0 Å². The minimum atomic E-state index is 1.72. The first-order chi connectivity index (χ1) is 5.41. The third-order valence-electron chi connectivity index (χ3n) is 0.617. The Kier molecular flexibility index (Phi) is 6.51. The lowest BCUT2D eigenvalue weighted by Crippen LogP contribution is -1.24. The van der Waals surface area contributed by atoms with E-state index >= 15 is 0 Å². The smallest absolute Gasteiger partial charge is 0.0000226 e. The van der Waals surface area contributed by atoms with Crippen molar-refractivity contribution in [2.24, 2.45) is 0 Å². The standard InChI is InChI=1S/C11H6/c1-3-5-7-9-11-10-8-6-4-2/h4H,1H2,2H3. The van der Waals surface area contributed by atoms with Crippen LogP contribution >= 0.6 is 0 Å². The van der Waals surface area contributed by atoms with E-state index in [4.69, 9.17) is 0 Å². The predicted octanol–water partition coefficient (Wildman–Crippen LogP) is 2.43. The van der Waals surface area contributed by atoms with Gasteiger partial charge in [0.1, 0.15) is 0 Å². The van der Waals surface area contributed by atoms with Crippen molar-refractivity contribution in [3.05, 3.63) is 58.5 Å². The van der Waals surface area contributed by atoms with Crippen LogP contribution in [0, 0.1) is 0 Å². The van der Waals surface area contributed by atoms with Crippen molar-refractivity contribution in [2.75, 3.05) is 0 Å². The third kappa shape index (κ3) is 7.98. The Morgan fingerprint density at radius 2 is 1.45 bits per heavy atom.